The zero-order valence-corrected chi connectivity index (χ0v) is 14.0. The van der Waals surface area contributed by atoms with Crippen molar-refractivity contribution in [2.24, 2.45) is 5.73 Å². The predicted molar refractivity (Wildman–Crippen MR) is 87.4 cm³/mol. The van der Waals surface area contributed by atoms with Gasteiger partial charge in [-0.3, -0.25) is 9.69 Å². The number of carbonyl (C=O) groups excluding carboxylic acids is 2. The van der Waals surface area contributed by atoms with Gasteiger partial charge >= 0.3 is 12.1 Å². The summed E-state index contributed by atoms with van der Waals surface area (Å²) < 4.78 is 24.3. The van der Waals surface area contributed by atoms with Crippen LogP contribution in [0.3, 0.4) is 0 Å². The minimum atomic E-state index is -0.603. The van der Waals surface area contributed by atoms with Crippen LogP contribution >= 0.6 is 0 Å². The summed E-state index contributed by atoms with van der Waals surface area (Å²) >= 11 is 0. The monoisotopic (exact) mass is 339 g/mol. The summed E-state index contributed by atoms with van der Waals surface area (Å²) in [5.41, 5.74) is 5.48. The van der Waals surface area contributed by atoms with Crippen LogP contribution in [0.4, 0.5) is 20.6 Å². The number of hydrogen-bond acceptors (Lipinski definition) is 6. The molecule has 0 aromatic heterocycles. The maximum absolute atomic E-state index is 14.2. The maximum atomic E-state index is 14.2. The number of nitrogens with zero attached hydrogens (tertiary/aromatic N) is 1. The molecule has 1 aromatic rings. The number of ether oxygens (including phenoxy) is 2. The number of amides is 1. The third kappa shape index (κ3) is 4.35. The fourth-order valence-electron chi connectivity index (χ4n) is 2.29. The molecule has 1 amide bonds. The molecular weight excluding hydrogens is 317 g/mol. The molecule has 7 nitrogen and oxygen atoms in total. The Morgan fingerprint density at radius 1 is 1.50 bits per heavy atom. The van der Waals surface area contributed by atoms with Crippen molar-refractivity contribution in [1.29, 1.82) is 0 Å². The van der Waals surface area contributed by atoms with Gasteiger partial charge in [0.05, 0.1) is 17.4 Å². The topological polar surface area (TPSA) is 93.9 Å². The van der Waals surface area contributed by atoms with Gasteiger partial charge < -0.3 is 20.5 Å². The number of esters is 1. The Morgan fingerprint density at radius 2 is 2.21 bits per heavy atom. The number of halogens is 1. The zero-order chi connectivity index (χ0) is 17.9. The third-order valence-electron chi connectivity index (χ3n) is 3.31. The van der Waals surface area contributed by atoms with Crippen molar-refractivity contribution >= 4 is 23.4 Å². The van der Waals surface area contributed by atoms with Crippen molar-refractivity contribution in [3.63, 3.8) is 0 Å². The van der Waals surface area contributed by atoms with E-state index in [-0.39, 0.29) is 31.4 Å². The van der Waals surface area contributed by atoms with Gasteiger partial charge in [-0.05, 0) is 39.0 Å². The maximum Gasteiger partial charge on any atom is 0.414 e. The molecule has 0 radical (unpaired) electrons. The summed E-state index contributed by atoms with van der Waals surface area (Å²) in [6, 6.07) is 3.90. The molecule has 1 unspecified atom stereocenters. The third-order valence-corrected chi connectivity index (χ3v) is 3.31. The highest BCUT2D eigenvalue weighted by Crippen LogP contribution is 2.26. The molecule has 2 rings (SSSR count). The summed E-state index contributed by atoms with van der Waals surface area (Å²) in [5, 5.41) is 2.68. The fraction of sp³-hybridized carbons (Fsp3) is 0.500. The van der Waals surface area contributed by atoms with E-state index in [4.69, 9.17) is 15.2 Å². The predicted octanol–water partition coefficient (Wildman–Crippen LogP) is 1.86. The van der Waals surface area contributed by atoms with Gasteiger partial charge in [0.15, 0.2) is 0 Å². The van der Waals surface area contributed by atoms with Crippen molar-refractivity contribution < 1.29 is 23.5 Å². The molecule has 8 heteroatoms. The first-order chi connectivity index (χ1) is 11.2. The van der Waals surface area contributed by atoms with Gasteiger partial charge in [0.1, 0.15) is 24.6 Å². The van der Waals surface area contributed by atoms with Crippen molar-refractivity contribution in [1.82, 2.24) is 0 Å². The van der Waals surface area contributed by atoms with Gasteiger partial charge in [-0.15, -0.1) is 0 Å². The number of nitrogens with one attached hydrogen (secondary N) is 1. The van der Waals surface area contributed by atoms with E-state index in [1.807, 2.05) is 0 Å². The molecule has 132 valence electrons. The lowest BCUT2D eigenvalue weighted by Gasteiger charge is -2.21. The van der Waals surface area contributed by atoms with Crippen LogP contribution in [0, 0.1) is 5.82 Å². The van der Waals surface area contributed by atoms with E-state index in [2.05, 4.69) is 5.32 Å². The minimum absolute atomic E-state index is 0.140. The van der Waals surface area contributed by atoms with E-state index in [1.54, 1.807) is 26.8 Å². The zero-order valence-electron chi connectivity index (χ0n) is 14.0. The molecule has 1 aliphatic rings. The van der Waals surface area contributed by atoms with Gasteiger partial charge in [-0.2, -0.15) is 0 Å². The molecule has 0 bridgehead atoms. The van der Waals surface area contributed by atoms with E-state index in [1.165, 1.54) is 17.0 Å². The van der Waals surface area contributed by atoms with Crippen LogP contribution in [-0.4, -0.2) is 43.4 Å². The molecule has 1 aliphatic heterocycles. The van der Waals surface area contributed by atoms with E-state index < -0.39 is 23.5 Å². The lowest BCUT2D eigenvalue weighted by atomic mass is 10.2. The van der Waals surface area contributed by atoms with Gasteiger partial charge in [-0.25, -0.2) is 9.18 Å². The highest BCUT2D eigenvalue weighted by Gasteiger charge is 2.33. The summed E-state index contributed by atoms with van der Waals surface area (Å²) in [5.74, 6) is -1.08. The SMILES string of the molecule is CC(C)(C)OC(=O)CNc1ccc(N2C(=O)OCC2CN)cc1F. The average molecular weight is 339 g/mol. The highest BCUT2D eigenvalue weighted by molar-refractivity contribution is 5.90. The smallest absolute Gasteiger partial charge is 0.414 e. The first kappa shape index (κ1) is 18.0. The van der Waals surface area contributed by atoms with Crippen LogP contribution in [0.15, 0.2) is 18.2 Å². The molecule has 0 saturated carbocycles. The average Bonchev–Trinajstić information content (AvgIpc) is 2.85. The Labute approximate surface area is 139 Å². The first-order valence-corrected chi connectivity index (χ1v) is 7.62. The van der Waals surface area contributed by atoms with Crippen LogP contribution in [0.1, 0.15) is 20.8 Å². The lowest BCUT2D eigenvalue weighted by molar-refractivity contribution is -0.152. The van der Waals surface area contributed by atoms with Crippen molar-refractivity contribution in [3.8, 4) is 0 Å². The number of cyclic esters (lactones) is 1. The summed E-state index contributed by atoms with van der Waals surface area (Å²) in [6.45, 7) is 5.49. The van der Waals surface area contributed by atoms with Gasteiger partial charge in [0.25, 0.3) is 0 Å². The minimum Gasteiger partial charge on any atom is -0.459 e. The number of nitrogens with two attached hydrogens (primary N) is 1. The molecule has 1 saturated heterocycles. The molecular formula is C16H22FN3O4. The molecule has 0 spiro atoms. The van der Waals surface area contributed by atoms with Gasteiger partial charge in [0.2, 0.25) is 0 Å². The standard InChI is InChI=1S/C16H22FN3O4/c1-16(2,3)24-14(21)8-19-13-5-4-10(6-12(13)17)20-11(7-18)9-23-15(20)22/h4-6,11,19H,7-9,18H2,1-3H3. The van der Waals surface area contributed by atoms with E-state index in [9.17, 15) is 14.0 Å². The molecule has 1 aromatic carbocycles. The Morgan fingerprint density at radius 3 is 2.79 bits per heavy atom. The summed E-state index contributed by atoms with van der Waals surface area (Å²) in [7, 11) is 0. The largest absolute Gasteiger partial charge is 0.459 e. The quantitative estimate of drug-likeness (QED) is 0.795. The molecule has 1 fully saturated rings. The van der Waals surface area contributed by atoms with Crippen LogP contribution in [0.2, 0.25) is 0 Å². The summed E-state index contributed by atoms with van der Waals surface area (Å²) in [6.07, 6.45) is -0.556. The molecule has 24 heavy (non-hydrogen) atoms. The Balaban J connectivity index is 2.05. The number of anilines is 2. The Hall–Kier alpha value is -2.35. The highest BCUT2D eigenvalue weighted by atomic mass is 19.1. The number of hydrogen-bond donors (Lipinski definition) is 2. The molecule has 1 atom stereocenters. The van der Waals surface area contributed by atoms with Crippen molar-refractivity contribution in [2.45, 2.75) is 32.4 Å². The van der Waals surface area contributed by atoms with Crippen LogP contribution in [0.5, 0.6) is 0 Å². The Kier molecular flexibility index (Phi) is 5.28. The number of carbonyl (C=O) groups is 2. The normalized spacial score (nSPS) is 17.6. The lowest BCUT2D eigenvalue weighted by Crippen LogP contribution is -2.38. The molecule has 0 aliphatic carbocycles. The number of rotatable bonds is 5. The second-order valence-corrected chi connectivity index (χ2v) is 6.44. The second kappa shape index (κ2) is 7.04. The van der Waals surface area contributed by atoms with Crippen molar-refractivity contribution in [2.75, 3.05) is 29.9 Å². The van der Waals surface area contributed by atoms with Crippen LogP contribution in [-0.2, 0) is 14.3 Å². The van der Waals surface area contributed by atoms with E-state index >= 15 is 0 Å². The molecule has 1 heterocycles. The van der Waals surface area contributed by atoms with E-state index in [0.29, 0.717) is 5.69 Å². The summed E-state index contributed by atoms with van der Waals surface area (Å²) in [4.78, 5) is 24.7. The van der Waals surface area contributed by atoms with Crippen LogP contribution in [0.25, 0.3) is 0 Å². The van der Waals surface area contributed by atoms with Gasteiger partial charge in [0, 0.05) is 6.54 Å². The molecule has 3 N–H and O–H groups in total. The second-order valence-electron chi connectivity index (χ2n) is 6.44. The fourth-order valence-corrected chi connectivity index (χ4v) is 2.29. The Bertz CT molecular complexity index is 630. The number of benzene rings is 1. The van der Waals surface area contributed by atoms with Crippen molar-refractivity contribution in [3.05, 3.63) is 24.0 Å². The van der Waals surface area contributed by atoms with Crippen LogP contribution < -0.4 is 16.0 Å². The van der Waals surface area contributed by atoms with Gasteiger partial charge in [-0.1, -0.05) is 0 Å². The first-order valence-electron chi connectivity index (χ1n) is 7.62. The van der Waals surface area contributed by atoms with E-state index in [0.717, 1.165) is 0 Å².